The largest absolute Gasteiger partial charge is 0.359 e. The first-order valence-electron chi connectivity index (χ1n) is 9.60. The van der Waals surface area contributed by atoms with E-state index in [1.165, 1.54) is 0 Å². The third kappa shape index (κ3) is 3.74. The number of hydrogen-bond acceptors (Lipinski definition) is 3. The Morgan fingerprint density at radius 3 is 2.55 bits per heavy atom. The summed E-state index contributed by atoms with van der Waals surface area (Å²) in [6.45, 7) is 0. The molecule has 0 saturated heterocycles. The van der Waals surface area contributed by atoms with E-state index in [-0.39, 0.29) is 6.04 Å². The minimum atomic E-state index is -2.20. The number of fused-ring (bicyclic) bond motifs is 1. The van der Waals surface area contributed by atoms with Crippen LogP contribution in [0.15, 0.2) is 46.9 Å². The highest BCUT2D eigenvalue weighted by atomic mass is 79.9. The molecule has 0 unspecified atom stereocenters. The standard InChI is InChI=1S/C21H21BrClN3O3/c22-13-6-11-18-17(12-13)21(29,19(27)24-15-4-2-1-3-5-15)26(20(28)25-18)16-9-7-14(23)8-10-16/h6-12,15,29H,1-5H2,(H,24,27)(H,25,28)/t21-/m0/s1. The van der Waals surface area contributed by atoms with Gasteiger partial charge in [-0.1, -0.05) is 46.8 Å². The van der Waals surface area contributed by atoms with Gasteiger partial charge in [0.25, 0.3) is 11.6 Å². The predicted octanol–water partition coefficient (Wildman–Crippen LogP) is 4.75. The summed E-state index contributed by atoms with van der Waals surface area (Å²) in [5.74, 6) is -0.617. The monoisotopic (exact) mass is 477 g/mol. The van der Waals surface area contributed by atoms with Crippen molar-refractivity contribution < 1.29 is 14.7 Å². The summed E-state index contributed by atoms with van der Waals surface area (Å²) in [5, 5.41) is 18.0. The van der Waals surface area contributed by atoms with Gasteiger partial charge in [-0.15, -0.1) is 0 Å². The topological polar surface area (TPSA) is 81.7 Å². The summed E-state index contributed by atoms with van der Waals surface area (Å²) >= 11 is 9.38. The van der Waals surface area contributed by atoms with Crippen LogP contribution in [0.2, 0.25) is 5.02 Å². The number of aliphatic hydroxyl groups is 1. The van der Waals surface area contributed by atoms with Crippen LogP contribution < -0.4 is 15.5 Å². The van der Waals surface area contributed by atoms with Crippen molar-refractivity contribution in [2.24, 2.45) is 0 Å². The van der Waals surface area contributed by atoms with E-state index in [4.69, 9.17) is 11.6 Å². The Balaban J connectivity index is 1.81. The number of anilines is 2. The Morgan fingerprint density at radius 2 is 1.86 bits per heavy atom. The van der Waals surface area contributed by atoms with E-state index in [2.05, 4.69) is 26.6 Å². The first-order valence-corrected chi connectivity index (χ1v) is 10.8. The zero-order valence-electron chi connectivity index (χ0n) is 15.6. The number of hydrogen-bond donors (Lipinski definition) is 3. The quantitative estimate of drug-likeness (QED) is 0.595. The third-order valence-electron chi connectivity index (χ3n) is 5.47. The van der Waals surface area contributed by atoms with Gasteiger partial charge in [-0.25, -0.2) is 4.79 Å². The van der Waals surface area contributed by atoms with E-state index in [1.54, 1.807) is 42.5 Å². The molecule has 29 heavy (non-hydrogen) atoms. The van der Waals surface area contributed by atoms with Crippen molar-refractivity contribution in [3.05, 3.63) is 57.5 Å². The maximum Gasteiger partial charge on any atom is 0.329 e. The van der Waals surface area contributed by atoms with Gasteiger partial charge in [0.15, 0.2) is 0 Å². The molecule has 1 aliphatic heterocycles. The van der Waals surface area contributed by atoms with Crippen LogP contribution in [0.25, 0.3) is 0 Å². The Labute approximate surface area is 182 Å². The smallest absolute Gasteiger partial charge is 0.329 e. The highest BCUT2D eigenvalue weighted by Crippen LogP contribution is 2.41. The molecule has 1 saturated carbocycles. The molecular formula is C21H21BrClN3O3. The fourth-order valence-electron chi connectivity index (χ4n) is 4.00. The van der Waals surface area contributed by atoms with E-state index < -0.39 is 17.7 Å². The molecule has 152 valence electrons. The SMILES string of the molecule is O=C1Nc2ccc(Br)cc2[C@](O)(C(=O)NC2CCCCC2)N1c1ccc(Cl)cc1. The second kappa shape index (κ2) is 7.97. The molecule has 6 nitrogen and oxygen atoms in total. The fourth-order valence-corrected chi connectivity index (χ4v) is 4.49. The molecule has 2 aliphatic rings. The van der Waals surface area contributed by atoms with Crippen LogP contribution in [0.3, 0.4) is 0 Å². The summed E-state index contributed by atoms with van der Waals surface area (Å²) in [6, 6.07) is 10.9. The number of urea groups is 1. The fraction of sp³-hybridized carbons (Fsp3) is 0.333. The van der Waals surface area contributed by atoms with Crippen LogP contribution >= 0.6 is 27.5 Å². The molecule has 8 heteroatoms. The van der Waals surface area contributed by atoms with Crippen molar-refractivity contribution in [2.75, 3.05) is 10.2 Å². The van der Waals surface area contributed by atoms with Gasteiger partial charge < -0.3 is 15.7 Å². The first kappa shape index (κ1) is 20.2. The minimum absolute atomic E-state index is 0.0204. The number of nitrogens with zero attached hydrogens (tertiary/aromatic N) is 1. The van der Waals surface area contributed by atoms with Crippen LogP contribution in [0.1, 0.15) is 37.7 Å². The molecule has 4 rings (SSSR count). The Hall–Kier alpha value is -2.09. The normalized spacial score (nSPS) is 22.0. The molecule has 0 spiro atoms. The van der Waals surface area contributed by atoms with E-state index in [0.717, 1.165) is 37.0 Å². The molecule has 1 atom stereocenters. The number of amides is 3. The lowest BCUT2D eigenvalue weighted by Crippen LogP contribution is -2.63. The summed E-state index contributed by atoms with van der Waals surface area (Å²) in [7, 11) is 0. The molecule has 0 aromatic heterocycles. The van der Waals surface area contributed by atoms with Crippen molar-refractivity contribution in [2.45, 2.75) is 43.9 Å². The molecule has 0 bridgehead atoms. The Kier molecular flexibility index (Phi) is 5.55. The van der Waals surface area contributed by atoms with Crippen molar-refractivity contribution in [1.29, 1.82) is 0 Å². The van der Waals surface area contributed by atoms with Gasteiger partial charge >= 0.3 is 6.03 Å². The van der Waals surface area contributed by atoms with Crippen LogP contribution in [-0.2, 0) is 10.5 Å². The first-order chi connectivity index (χ1) is 13.9. The van der Waals surface area contributed by atoms with E-state index in [0.29, 0.717) is 26.4 Å². The summed E-state index contributed by atoms with van der Waals surface area (Å²) < 4.78 is 0.687. The predicted molar refractivity (Wildman–Crippen MR) is 116 cm³/mol. The molecule has 0 radical (unpaired) electrons. The second-order valence-corrected chi connectivity index (χ2v) is 8.76. The average molecular weight is 479 g/mol. The zero-order valence-corrected chi connectivity index (χ0v) is 18.0. The summed E-state index contributed by atoms with van der Waals surface area (Å²) in [6.07, 6.45) is 4.94. The molecular weight excluding hydrogens is 458 g/mol. The van der Waals surface area contributed by atoms with Gasteiger partial charge in [0, 0.05) is 26.8 Å². The minimum Gasteiger partial charge on any atom is -0.359 e. The number of benzene rings is 2. The molecule has 3 amide bonds. The highest BCUT2D eigenvalue weighted by Gasteiger charge is 2.52. The van der Waals surface area contributed by atoms with Crippen LogP contribution in [0, 0.1) is 0 Å². The van der Waals surface area contributed by atoms with E-state index >= 15 is 0 Å². The van der Waals surface area contributed by atoms with Gasteiger partial charge in [-0.2, -0.15) is 0 Å². The highest BCUT2D eigenvalue weighted by molar-refractivity contribution is 9.10. The number of rotatable bonds is 3. The number of nitrogens with one attached hydrogen (secondary N) is 2. The Bertz CT molecular complexity index is 947. The van der Waals surface area contributed by atoms with Gasteiger partial charge in [-0.05, 0) is 55.3 Å². The van der Waals surface area contributed by atoms with Crippen molar-refractivity contribution in [3.63, 3.8) is 0 Å². The van der Waals surface area contributed by atoms with Gasteiger partial charge in [0.1, 0.15) is 0 Å². The van der Waals surface area contributed by atoms with Gasteiger partial charge in [0.2, 0.25) is 0 Å². The maximum atomic E-state index is 13.4. The molecule has 3 N–H and O–H groups in total. The third-order valence-corrected chi connectivity index (χ3v) is 6.21. The van der Waals surface area contributed by atoms with Crippen molar-refractivity contribution in [3.8, 4) is 0 Å². The number of carbonyl (C=O) groups is 2. The average Bonchev–Trinajstić information content (AvgIpc) is 2.71. The van der Waals surface area contributed by atoms with Gasteiger partial charge in [-0.3, -0.25) is 9.69 Å². The van der Waals surface area contributed by atoms with Crippen LogP contribution in [-0.4, -0.2) is 23.1 Å². The van der Waals surface area contributed by atoms with E-state index in [1.807, 2.05) is 0 Å². The molecule has 1 fully saturated rings. The molecule has 2 aromatic carbocycles. The molecule has 1 heterocycles. The lowest BCUT2D eigenvalue weighted by atomic mass is 9.92. The lowest BCUT2D eigenvalue weighted by molar-refractivity contribution is -0.141. The zero-order chi connectivity index (χ0) is 20.6. The van der Waals surface area contributed by atoms with Crippen LogP contribution in [0.5, 0.6) is 0 Å². The second-order valence-electron chi connectivity index (χ2n) is 7.41. The number of carbonyl (C=O) groups excluding carboxylic acids is 2. The Morgan fingerprint density at radius 1 is 1.17 bits per heavy atom. The van der Waals surface area contributed by atoms with E-state index in [9.17, 15) is 14.7 Å². The van der Waals surface area contributed by atoms with Crippen molar-refractivity contribution in [1.82, 2.24) is 5.32 Å². The lowest BCUT2D eigenvalue weighted by Gasteiger charge is -2.43. The summed E-state index contributed by atoms with van der Waals surface area (Å²) in [4.78, 5) is 27.5. The van der Waals surface area contributed by atoms with Gasteiger partial charge in [0.05, 0.1) is 5.69 Å². The molecule has 2 aromatic rings. The summed E-state index contributed by atoms with van der Waals surface area (Å²) in [5.41, 5.74) is -1.15. The number of halogens is 2. The van der Waals surface area contributed by atoms with Crippen molar-refractivity contribution >= 4 is 50.8 Å². The molecule has 1 aliphatic carbocycles. The van der Waals surface area contributed by atoms with Crippen LogP contribution in [0.4, 0.5) is 16.2 Å². The maximum absolute atomic E-state index is 13.4.